The second-order valence-corrected chi connectivity index (χ2v) is 2.27. The Morgan fingerprint density at radius 1 is 1.23 bits per heavy atom. The van der Waals surface area contributed by atoms with Gasteiger partial charge in [-0.05, 0) is 6.42 Å². The molecule has 0 aliphatic rings. The van der Waals surface area contributed by atoms with E-state index in [1.807, 2.05) is 0 Å². The van der Waals surface area contributed by atoms with E-state index < -0.39 is 11.9 Å². The van der Waals surface area contributed by atoms with Crippen LogP contribution in [-0.4, -0.2) is 28.7 Å². The summed E-state index contributed by atoms with van der Waals surface area (Å²) in [7, 11) is 0. The Morgan fingerprint density at radius 3 is 1.92 bits per heavy atom. The number of nitrogens with one attached hydrogen (secondary N) is 1. The third-order valence-electron chi connectivity index (χ3n) is 1.11. The van der Waals surface area contributed by atoms with Crippen LogP contribution in [0, 0.1) is 0 Å². The Morgan fingerprint density at radius 2 is 1.69 bits per heavy atom. The SMILES string of the molecule is CCCCCNN.O=C(O)C(=O)O. The zero-order valence-electron chi connectivity index (χ0n) is 7.62. The van der Waals surface area contributed by atoms with E-state index in [4.69, 9.17) is 25.6 Å². The fraction of sp³-hybridized carbons (Fsp3) is 0.714. The Hall–Kier alpha value is -1.14. The van der Waals surface area contributed by atoms with Crippen LogP contribution in [0.1, 0.15) is 26.2 Å². The van der Waals surface area contributed by atoms with E-state index in [2.05, 4.69) is 12.3 Å². The van der Waals surface area contributed by atoms with E-state index in [9.17, 15) is 0 Å². The van der Waals surface area contributed by atoms with E-state index in [0.29, 0.717) is 0 Å². The first-order valence-corrected chi connectivity index (χ1v) is 3.95. The highest BCUT2D eigenvalue weighted by atomic mass is 16.4. The maximum Gasteiger partial charge on any atom is 0.414 e. The number of rotatable bonds is 4. The van der Waals surface area contributed by atoms with Gasteiger partial charge in [0.25, 0.3) is 0 Å². The Balaban J connectivity index is 0. The molecule has 0 fully saturated rings. The summed E-state index contributed by atoms with van der Waals surface area (Å²) < 4.78 is 0. The number of hydrazine groups is 1. The van der Waals surface area contributed by atoms with Gasteiger partial charge in [0.15, 0.2) is 0 Å². The first-order valence-electron chi connectivity index (χ1n) is 3.95. The second kappa shape index (κ2) is 10.9. The summed E-state index contributed by atoms with van der Waals surface area (Å²) >= 11 is 0. The van der Waals surface area contributed by atoms with Gasteiger partial charge in [-0.25, -0.2) is 9.59 Å². The lowest BCUT2D eigenvalue weighted by molar-refractivity contribution is -0.159. The van der Waals surface area contributed by atoms with Crippen molar-refractivity contribution in [2.24, 2.45) is 5.84 Å². The minimum Gasteiger partial charge on any atom is -0.473 e. The summed E-state index contributed by atoms with van der Waals surface area (Å²) in [5, 5.41) is 14.8. The molecule has 0 rings (SSSR count). The molecular formula is C7H16N2O4. The highest BCUT2D eigenvalue weighted by Gasteiger charge is 2.04. The number of carbonyl (C=O) groups is 2. The quantitative estimate of drug-likeness (QED) is 0.212. The minimum absolute atomic E-state index is 0.952. The van der Waals surface area contributed by atoms with Gasteiger partial charge in [0.1, 0.15) is 0 Å². The summed E-state index contributed by atoms with van der Waals surface area (Å²) in [6.07, 6.45) is 3.75. The lowest BCUT2D eigenvalue weighted by Gasteiger charge is -1.93. The number of nitrogens with two attached hydrogens (primary N) is 1. The smallest absolute Gasteiger partial charge is 0.414 e. The third-order valence-corrected chi connectivity index (χ3v) is 1.11. The van der Waals surface area contributed by atoms with Crippen molar-refractivity contribution < 1.29 is 19.8 Å². The van der Waals surface area contributed by atoms with Crippen molar-refractivity contribution in [3.8, 4) is 0 Å². The van der Waals surface area contributed by atoms with Gasteiger partial charge in [0.05, 0.1) is 0 Å². The van der Waals surface area contributed by atoms with Crippen LogP contribution in [-0.2, 0) is 9.59 Å². The molecule has 0 aliphatic heterocycles. The fourth-order valence-electron chi connectivity index (χ4n) is 0.477. The number of carboxylic acid groups (broad SMARTS) is 2. The molecule has 0 aromatic rings. The van der Waals surface area contributed by atoms with Gasteiger partial charge in [-0.15, -0.1) is 0 Å². The lowest BCUT2D eigenvalue weighted by Crippen LogP contribution is -2.22. The van der Waals surface area contributed by atoms with Gasteiger partial charge in [0.2, 0.25) is 0 Å². The van der Waals surface area contributed by atoms with Crippen molar-refractivity contribution in [3.63, 3.8) is 0 Å². The van der Waals surface area contributed by atoms with Crippen LogP contribution in [0.25, 0.3) is 0 Å². The molecule has 0 aromatic heterocycles. The van der Waals surface area contributed by atoms with Crippen molar-refractivity contribution in [3.05, 3.63) is 0 Å². The van der Waals surface area contributed by atoms with Gasteiger partial charge in [-0.3, -0.25) is 11.3 Å². The van der Waals surface area contributed by atoms with Crippen LogP contribution in [0.15, 0.2) is 0 Å². The molecule has 6 nitrogen and oxygen atoms in total. The summed E-state index contributed by atoms with van der Waals surface area (Å²) in [5.41, 5.74) is 2.60. The van der Waals surface area contributed by atoms with Crippen LogP contribution in [0.3, 0.4) is 0 Å². The Bertz CT molecular complexity index is 133. The number of hydrogen-bond donors (Lipinski definition) is 4. The van der Waals surface area contributed by atoms with Gasteiger partial charge < -0.3 is 10.2 Å². The standard InChI is InChI=1S/C5H14N2.C2H2O4/c1-2-3-4-5-7-6;3-1(4)2(5)6/h7H,2-6H2,1H3;(H,3,4)(H,5,6). The zero-order valence-corrected chi connectivity index (χ0v) is 7.62. The summed E-state index contributed by atoms with van der Waals surface area (Å²) in [4.78, 5) is 18.2. The average molecular weight is 192 g/mol. The van der Waals surface area contributed by atoms with Gasteiger partial charge >= 0.3 is 11.9 Å². The summed E-state index contributed by atoms with van der Waals surface area (Å²) in [6.45, 7) is 3.13. The van der Waals surface area contributed by atoms with E-state index in [-0.39, 0.29) is 0 Å². The number of aliphatic carboxylic acids is 2. The van der Waals surface area contributed by atoms with Gasteiger partial charge in [-0.1, -0.05) is 19.8 Å². The van der Waals surface area contributed by atoms with Crippen molar-refractivity contribution >= 4 is 11.9 Å². The molecule has 0 bridgehead atoms. The van der Waals surface area contributed by atoms with Crippen molar-refractivity contribution in [1.82, 2.24) is 5.43 Å². The predicted molar refractivity (Wildman–Crippen MR) is 47.0 cm³/mol. The minimum atomic E-state index is -1.82. The van der Waals surface area contributed by atoms with Crippen molar-refractivity contribution in [2.75, 3.05) is 6.54 Å². The third kappa shape index (κ3) is 18.1. The lowest BCUT2D eigenvalue weighted by atomic mass is 10.3. The van der Waals surface area contributed by atoms with Crippen molar-refractivity contribution in [1.29, 1.82) is 0 Å². The van der Waals surface area contributed by atoms with Crippen molar-refractivity contribution in [2.45, 2.75) is 26.2 Å². The maximum atomic E-state index is 9.10. The van der Waals surface area contributed by atoms with E-state index >= 15 is 0 Å². The Labute approximate surface area is 76.7 Å². The molecule has 0 saturated heterocycles. The second-order valence-electron chi connectivity index (χ2n) is 2.27. The molecule has 5 N–H and O–H groups in total. The normalized spacial score (nSPS) is 8.46. The molecule has 13 heavy (non-hydrogen) atoms. The van der Waals surface area contributed by atoms with E-state index in [1.54, 1.807) is 0 Å². The molecule has 0 spiro atoms. The molecule has 78 valence electrons. The van der Waals surface area contributed by atoms with E-state index in [0.717, 1.165) is 6.54 Å². The average Bonchev–Trinajstić information content (AvgIpc) is 2.06. The monoisotopic (exact) mass is 192 g/mol. The topological polar surface area (TPSA) is 113 Å². The van der Waals surface area contributed by atoms with Crippen LogP contribution in [0.4, 0.5) is 0 Å². The number of carboxylic acids is 2. The first-order chi connectivity index (χ1) is 6.06. The molecule has 0 aromatic carbocycles. The van der Waals surface area contributed by atoms with Crippen LogP contribution < -0.4 is 11.3 Å². The van der Waals surface area contributed by atoms with Crippen LogP contribution >= 0.6 is 0 Å². The fourth-order valence-corrected chi connectivity index (χ4v) is 0.477. The Kier molecular flexibility index (Phi) is 12.0. The molecule has 0 heterocycles. The zero-order chi connectivity index (χ0) is 10.7. The molecular weight excluding hydrogens is 176 g/mol. The maximum absolute atomic E-state index is 9.10. The largest absolute Gasteiger partial charge is 0.473 e. The predicted octanol–water partition coefficient (Wildman–Crippen LogP) is -0.204. The highest BCUT2D eigenvalue weighted by molar-refractivity contribution is 6.27. The molecule has 0 radical (unpaired) electrons. The van der Waals surface area contributed by atoms with Gasteiger partial charge in [0, 0.05) is 6.54 Å². The molecule has 0 saturated carbocycles. The molecule has 6 heteroatoms. The first kappa shape index (κ1) is 14.4. The summed E-state index contributed by atoms with van der Waals surface area (Å²) in [5.74, 6) is 1.37. The number of hydrogen-bond acceptors (Lipinski definition) is 4. The van der Waals surface area contributed by atoms with E-state index in [1.165, 1.54) is 19.3 Å². The molecule has 0 unspecified atom stereocenters. The molecule has 0 atom stereocenters. The van der Waals surface area contributed by atoms with Crippen LogP contribution in [0.2, 0.25) is 0 Å². The number of unbranched alkanes of at least 4 members (excludes halogenated alkanes) is 2. The van der Waals surface area contributed by atoms with Crippen LogP contribution in [0.5, 0.6) is 0 Å². The van der Waals surface area contributed by atoms with Gasteiger partial charge in [-0.2, -0.15) is 0 Å². The summed E-state index contributed by atoms with van der Waals surface area (Å²) in [6, 6.07) is 0. The highest BCUT2D eigenvalue weighted by Crippen LogP contribution is 1.89. The molecule has 0 aliphatic carbocycles. The molecule has 0 amide bonds.